The molecule has 3 aromatic rings. The average Bonchev–Trinajstić information content (AvgIpc) is 2.83. The lowest BCUT2D eigenvalue weighted by molar-refractivity contribution is 0.0499. The Morgan fingerprint density at radius 2 is 1.66 bits per heavy atom. The summed E-state index contributed by atoms with van der Waals surface area (Å²) in [5.74, 6) is -0.822. The Morgan fingerprint density at radius 1 is 0.971 bits per heavy atom. The van der Waals surface area contributed by atoms with E-state index in [0.29, 0.717) is 23.4 Å². The van der Waals surface area contributed by atoms with Gasteiger partial charge in [0.1, 0.15) is 6.17 Å². The Morgan fingerprint density at radius 3 is 2.34 bits per heavy atom. The highest BCUT2D eigenvalue weighted by Gasteiger charge is 2.35. The quantitative estimate of drug-likeness (QED) is 0.101. The fraction of sp³-hybridized carbons (Fsp3) is 0.240. The van der Waals surface area contributed by atoms with E-state index in [-0.39, 0.29) is 5.11 Å². The van der Waals surface area contributed by atoms with Crippen molar-refractivity contribution in [3.05, 3.63) is 77.9 Å². The molecule has 0 aromatic heterocycles. The predicted octanol–water partition coefficient (Wildman–Crippen LogP) is 6.21. The van der Waals surface area contributed by atoms with Crippen molar-refractivity contribution in [1.82, 2.24) is 10.6 Å². The first kappa shape index (κ1) is 27.0. The van der Waals surface area contributed by atoms with Crippen LogP contribution in [0.25, 0.3) is 10.8 Å². The minimum Gasteiger partial charge on any atom is -0.462 e. The zero-order valence-corrected chi connectivity index (χ0v) is 21.9. The van der Waals surface area contributed by atoms with E-state index in [1.807, 2.05) is 37.3 Å². The number of carbonyl (C=O) groups excluding carboxylic acids is 2. The maximum absolute atomic E-state index is 13.0. The lowest BCUT2D eigenvalue weighted by Crippen LogP contribution is -2.56. The number of anilines is 1. The molecule has 0 bridgehead atoms. The number of benzene rings is 3. The first-order chi connectivity index (χ1) is 16.7. The molecule has 0 spiro atoms. The molecule has 0 aliphatic rings. The zero-order chi connectivity index (χ0) is 25.4. The van der Waals surface area contributed by atoms with E-state index >= 15 is 0 Å². The molecular weight excluding hydrogens is 529 g/mol. The number of carbonyl (C=O) groups is 2. The van der Waals surface area contributed by atoms with Crippen LogP contribution in [-0.2, 0) is 4.74 Å². The molecule has 184 valence electrons. The van der Waals surface area contributed by atoms with Crippen LogP contribution in [0.3, 0.4) is 0 Å². The maximum atomic E-state index is 13.0. The maximum Gasteiger partial charge on any atom is 0.338 e. The first-order valence-electron chi connectivity index (χ1n) is 10.9. The van der Waals surface area contributed by atoms with Gasteiger partial charge >= 0.3 is 5.97 Å². The monoisotopic (exact) mass is 551 g/mol. The second-order valence-electron chi connectivity index (χ2n) is 7.64. The Kier molecular flexibility index (Phi) is 9.57. The van der Waals surface area contributed by atoms with E-state index in [1.54, 1.807) is 36.4 Å². The van der Waals surface area contributed by atoms with Crippen molar-refractivity contribution in [3.8, 4) is 0 Å². The summed E-state index contributed by atoms with van der Waals surface area (Å²) in [5, 5.41) is 10.3. The third-order valence-electron chi connectivity index (χ3n) is 5.02. The van der Waals surface area contributed by atoms with Crippen molar-refractivity contribution in [2.45, 2.75) is 29.7 Å². The van der Waals surface area contributed by atoms with Crippen LogP contribution in [0.15, 0.2) is 66.7 Å². The summed E-state index contributed by atoms with van der Waals surface area (Å²) in [5.41, 5.74) is 1.45. The molecule has 6 nitrogen and oxygen atoms in total. The average molecular weight is 553 g/mol. The van der Waals surface area contributed by atoms with Gasteiger partial charge < -0.3 is 20.7 Å². The van der Waals surface area contributed by atoms with Gasteiger partial charge in [-0.25, -0.2) is 4.79 Å². The molecule has 0 saturated heterocycles. The van der Waals surface area contributed by atoms with Crippen LogP contribution >= 0.6 is 47.0 Å². The third kappa shape index (κ3) is 7.70. The fourth-order valence-electron chi connectivity index (χ4n) is 3.21. The van der Waals surface area contributed by atoms with Crippen molar-refractivity contribution in [2.75, 3.05) is 11.9 Å². The summed E-state index contributed by atoms with van der Waals surface area (Å²) in [4.78, 5) is 25.1. The fourth-order valence-corrected chi connectivity index (χ4v) is 3.78. The highest BCUT2D eigenvalue weighted by molar-refractivity contribution is 7.80. The smallest absolute Gasteiger partial charge is 0.338 e. The number of unbranched alkanes of at least 4 members (excludes halogenated alkanes) is 1. The van der Waals surface area contributed by atoms with Crippen LogP contribution in [0.5, 0.6) is 0 Å². The Balaban J connectivity index is 1.65. The van der Waals surface area contributed by atoms with Crippen LogP contribution in [0.1, 0.15) is 40.5 Å². The summed E-state index contributed by atoms with van der Waals surface area (Å²) in [7, 11) is 0. The number of ether oxygens (including phenoxy) is 1. The van der Waals surface area contributed by atoms with E-state index in [9.17, 15) is 9.59 Å². The molecule has 1 amide bonds. The molecule has 0 aliphatic heterocycles. The zero-order valence-electron chi connectivity index (χ0n) is 18.8. The van der Waals surface area contributed by atoms with E-state index in [4.69, 9.17) is 51.8 Å². The van der Waals surface area contributed by atoms with Crippen LogP contribution in [0.2, 0.25) is 0 Å². The van der Waals surface area contributed by atoms with Gasteiger partial charge in [-0.05, 0) is 59.7 Å². The summed E-state index contributed by atoms with van der Waals surface area (Å²) in [6.07, 6.45) is 0.622. The number of hydrogen-bond acceptors (Lipinski definition) is 4. The number of hydrogen-bond donors (Lipinski definition) is 3. The molecule has 3 aromatic carbocycles. The van der Waals surface area contributed by atoms with Crippen molar-refractivity contribution >= 4 is 80.5 Å². The molecule has 10 heteroatoms. The van der Waals surface area contributed by atoms with Gasteiger partial charge in [0.05, 0.1) is 12.2 Å². The standard InChI is InChI=1S/C25H24Cl3N3O3S/c1-2-3-15-34-22(33)17-11-13-18(14-12-17)29-24(35)31-23(25(26,27)28)30-21(32)20-10-6-8-16-7-4-5-9-19(16)20/h4-14,23H,2-3,15H2,1H3,(H,30,32)(H2,29,31,35). The summed E-state index contributed by atoms with van der Waals surface area (Å²) < 4.78 is 3.29. The van der Waals surface area contributed by atoms with Crippen molar-refractivity contribution < 1.29 is 14.3 Å². The minimum atomic E-state index is -1.90. The number of nitrogens with one attached hydrogen (secondary N) is 3. The number of thiocarbonyl (C=S) groups is 1. The van der Waals surface area contributed by atoms with Gasteiger partial charge in [-0.1, -0.05) is 84.5 Å². The SMILES string of the molecule is CCCCOC(=O)c1ccc(NC(=S)NC(NC(=O)c2cccc3ccccc23)C(Cl)(Cl)Cl)cc1. The second kappa shape index (κ2) is 12.4. The Hall–Kier alpha value is -2.58. The molecule has 0 heterocycles. The summed E-state index contributed by atoms with van der Waals surface area (Å²) in [6, 6.07) is 19.5. The molecule has 3 N–H and O–H groups in total. The second-order valence-corrected chi connectivity index (χ2v) is 10.4. The molecule has 35 heavy (non-hydrogen) atoms. The van der Waals surface area contributed by atoms with Gasteiger partial charge in [0.25, 0.3) is 5.91 Å². The molecule has 0 fully saturated rings. The van der Waals surface area contributed by atoms with Crippen molar-refractivity contribution in [3.63, 3.8) is 0 Å². The lowest BCUT2D eigenvalue weighted by Gasteiger charge is -2.28. The van der Waals surface area contributed by atoms with E-state index in [2.05, 4.69) is 16.0 Å². The Labute approximate surface area is 224 Å². The topological polar surface area (TPSA) is 79.5 Å². The van der Waals surface area contributed by atoms with Crippen LogP contribution < -0.4 is 16.0 Å². The van der Waals surface area contributed by atoms with Gasteiger partial charge in [-0.3, -0.25) is 4.79 Å². The molecule has 3 rings (SSSR count). The largest absolute Gasteiger partial charge is 0.462 e. The minimum absolute atomic E-state index is 0.109. The van der Waals surface area contributed by atoms with Crippen molar-refractivity contribution in [2.24, 2.45) is 0 Å². The van der Waals surface area contributed by atoms with Crippen LogP contribution in [0.4, 0.5) is 5.69 Å². The molecule has 1 atom stereocenters. The highest BCUT2D eigenvalue weighted by Crippen LogP contribution is 2.30. The van der Waals surface area contributed by atoms with Crippen molar-refractivity contribution in [1.29, 1.82) is 0 Å². The Bertz CT molecular complexity index is 1190. The number of halogens is 3. The van der Waals surface area contributed by atoms with Crippen LogP contribution in [0, 0.1) is 0 Å². The molecule has 0 aliphatic carbocycles. The number of amides is 1. The number of rotatable bonds is 8. The molecule has 0 radical (unpaired) electrons. The van der Waals surface area contributed by atoms with Crippen LogP contribution in [-0.4, -0.2) is 33.6 Å². The van der Waals surface area contributed by atoms with Gasteiger partial charge in [0.2, 0.25) is 3.79 Å². The normalized spacial score (nSPS) is 12.0. The van der Waals surface area contributed by atoms with Gasteiger partial charge in [0.15, 0.2) is 5.11 Å². The summed E-state index contributed by atoms with van der Waals surface area (Å²) >= 11 is 23.7. The van der Waals surface area contributed by atoms with Gasteiger partial charge in [-0.15, -0.1) is 0 Å². The molecule has 1 unspecified atom stereocenters. The third-order valence-corrected chi connectivity index (χ3v) is 5.90. The van der Waals surface area contributed by atoms with Gasteiger partial charge in [-0.2, -0.15) is 0 Å². The van der Waals surface area contributed by atoms with Gasteiger partial charge in [0, 0.05) is 11.3 Å². The lowest BCUT2D eigenvalue weighted by atomic mass is 10.0. The van der Waals surface area contributed by atoms with E-state index < -0.39 is 21.8 Å². The number of fused-ring (bicyclic) bond motifs is 1. The number of esters is 1. The highest BCUT2D eigenvalue weighted by atomic mass is 35.6. The molecule has 0 saturated carbocycles. The first-order valence-corrected chi connectivity index (χ1v) is 12.4. The van der Waals surface area contributed by atoms with E-state index in [1.165, 1.54) is 0 Å². The number of alkyl halides is 3. The molecular formula is C25H24Cl3N3O3S. The van der Waals surface area contributed by atoms with E-state index in [0.717, 1.165) is 23.6 Å². The predicted molar refractivity (Wildman–Crippen MR) is 146 cm³/mol. The summed E-state index contributed by atoms with van der Waals surface area (Å²) in [6.45, 7) is 2.40.